The lowest BCUT2D eigenvalue weighted by Gasteiger charge is -2.25. The largest absolute Gasteiger partial charge is 0.486 e. The van der Waals surface area contributed by atoms with Crippen molar-refractivity contribution < 1.29 is 35.5 Å². The van der Waals surface area contributed by atoms with Gasteiger partial charge in [-0.15, -0.1) is 0 Å². The van der Waals surface area contributed by atoms with Crippen molar-refractivity contribution >= 4 is 66.2 Å². The maximum atomic E-state index is 13.7. The Hall–Kier alpha value is -4.04. The molecule has 43 heavy (non-hydrogen) atoms. The maximum Gasteiger partial charge on any atom is 0.264 e. The van der Waals surface area contributed by atoms with Crippen molar-refractivity contribution in [2.24, 2.45) is 0 Å². The van der Waals surface area contributed by atoms with Crippen LogP contribution in [-0.4, -0.2) is 42.5 Å². The molecule has 0 fully saturated rings. The van der Waals surface area contributed by atoms with Crippen LogP contribution >= 0.6 is 23.2 Å². The van der Waals surface area contributed by atoms with Crippen molar-refractivity contribution in [2.75, 3.05) is 34.1 Å². The number of carbonyl (C=O) groups excluding carboxylic acids is 1. The molecular weight excluding hydrogens is 644 g/mol. The van der Waals surface area contributed by atoms with Crippen LogP contribution in [0.2, 0.25) is 10.0 Å². The third-order valence-electron chi connectivity index (χ3n) is 6.07. The van der Waals surface area contributed by atoms with Crippen LogP contribution in [-0.2, 0) is 24.8 Å². The molecule has 0 saturated carbocycles. The highest BCUT2D eigenvalue weighted by molar-refractivity contribution is 7.93. The van der Waals surface area contributed by atoms with Gasteiger partial charge in [0.25, 0.3) is 20.0 Å². The van der Waals surface area contributed by atoms with Gasteiger partial charge in [0, 0.05) is 21.8 Å². The van der Waals surface area contributed by atoms with E-state index in [1.165, 1.54) is 72.8 Å². The Morgan fingerprint density at radius 3 is 2.02 bits per heavy atom. The minimum atomic E-state index is -4.34. The van der Waals surface area contributed by atoms with E-state index in [-0.39, 0.29) is 49.3 Å². The number of sulfonamides is 2. The molecule has 0 radical (unpaired) electrons. The van der Waals surface area contributed by atoms with Crippen molar-refractivity contribution in [1.82, 2.24) is 0 Å². The summed E-state index contributed by atoms with van der Waals surface area (Å²) in [6.45, 7) is -0.119. The molecule has 15 heteroatoms. The number of hydrogen-bond donors (Lipinski definition) is 2. The molecule has 224 valence electrons. The van der Waals surface area contributed by atoms with Crippen molar-refractivity contribution in [3.63, 3.8) is 0 Å². The lowest BCUT2D eigenvalue weighted by atomic mass is 10.3. The van der Waals surface area contributed by atoms with Crippen molar-refractivity contribution in [2.45, 2.75) is 9.79 Å². The first-order valence-electron chi connectivity index (χ1n) is 12.5. The summed E-state index contributed by atoms with van der Waals surface area (Å²) in [5, 5.41) is 3.05. The van der Waals surface area contributed by atoms with Crippen molar-refractivity contribution in [3.05, 3.63) is 101 Å². The summed E-state index contributed by atoms with van der Waals surface area (Å²) in [6, 6.07) is 18.1. The number of nitrogens with zero attached hydrogens (tertiary/aromatic N) is 1. The Morgan fingerprint density at radius 1 is 0.767 bits per heavy atom. The van der Waals surface area contributed by atoms with Crippen LogP contribution in [0.3, 0.4) is 0 Å². The Labute approximate surface area is 257 Å². The number of ether oxygens (including phenoxy) is 2. The molecule has 0 aromatic heterocycles. The zero-order chi connectivity index (χ0) is 30.8. The van der Waals surface area contributed by atoms with Gasteiger partial charge in [0.1, 0.15) is 25.6 Å². The molecule has 0 unspecified atom stereocenters. The Balaban J connectivity index is 1.35. The summed E-state index contributed by atoms with van der Waals surface area (Å²) >= 11 is 11.9. The third-order valence-corrected chi connectivity index (χ3v) is 9.67. The summed E-state index contributed by atoms with van der Waals surface area (Å²) in [6.07, 6.45) is 0. The predicted molar refractivity (Wildman–Crippen MR) is 161 cm³/mol. The smallest absolute Gasteiger partial charge is 0.264 e. The minimum absolute atomic E-state index is 0.0417. The number of amides is 1. The summed E-state index contributed by atoms with van der Waals surface area (Å²) in [4.78, 5) is 12.8. The lowest BCUT2D eigenvalue weighted by molar-refractivity contribution is -0.114. The number of nitrogens with one attached hydrogen (secondary N) is 2. The van der Waals surface area contributed by atoms with Gasteiger partial charge in [0.2, 0.25) is 5.91 Å². The van der Waals surface area contributed by atoms with Crippen LogP contribution in [0, 0.1) is 5.82 Å². The fourth-order valence-electron chi connectivity index (χ4n) is 4.11. The van der Waals surface area contributed by atoms with Gasteiger partial charge in [0.15, 0.2) is 11.5 Å². The summed E-state index contributed by atoms with van der Waals surface area (Å²) in [5.74, 6) is -0.715. The molecule has 1 aliphatic heterocycles. The molecule has 4 aromatic rings. The molecule has 5 rings (SSSR count). The van der Waals surface area contributed by atoms with Crippen molar-refractivity contribution in [1.29, 1.82) is 0 Å². The van der Waals surface area contributed by atoms with E-state index in [0.717, 1.165) is 16.4 Å². The first-order valence-corrected chi connectivity index (χ1v) is 16.2. The first kappa shape index (κ1) is 30.4. The minimum Gasteiger partial charge on any atom is -0.486 e. The van der Waals surface area contributed by atoms with Gasteiger partial charge < -0.3 is 14.8 Å². The fraction of sp³-hybridized carbons (Fsp3) is 0.107. The van der Waals surface area contributed by atoms with E-state index < -0.39 is 38.3 Å². The molecule has 0 atom stereocenters. The van der Waals surface area contributed by atoms with Crippen LogP contribution in [0.4, 0.5) is 21.5 Å². The van der Waals surface area contributed by atoms with Crippen LogP contribution in [0.15, 0.2) is 94.7 Å². The zero-order valence-electron chi connectivity index (χ0n) is 22.0. The topological polar surface area (TPSA) is 131 Å². The van der Waals surface area contributed by atoms with E-state index in [2.05, 4.69) is 10.0 Å². The molecule has 2 N–H and O–H groups in total. The van der Waals surface area contributed by atoms with E-state index in [9.17, 15) is 26.0 Å². The SMILES string of the molecule is O=C(CN(c1ccc(F)cc1)S(=O)(=O)c1ccc2c(c1)OCCO2)Nc1ccc(S(=O)(=O)Nc2cc(Cl)cc(Cl)c2)cc1. The Kier molecular flexibility index (Phi) is 8.69. The van der Waals surface area contributed by atoms with Gasteiger partial charge in [-0.3, -0.25) is 13.8 Å². The van der Waals surface area contributed by atoms with Crippen LogP contribution in [0.25, 0.3) is 0 Å². The van der Waals surface area contributed by atoms with Gasteiger partial charge >= 0.3 is 0 Å². The fourth-order valence-corrected chi connectivity index (χ4v) is 7.11. The molecule has 0 bridgehead atoms. The number of benzene rings is 4. The zero-order valence-corrected chi connectivity index (χ0v) is 25.1. The average molecular weight is 667 g/mol. The molecule has 10 nitrogen and oxygen atoms in total. The van der Waals surface area contributed by atoms with Gasteiger partial charge in [-0.1, -0.05) is 23.2 Å². The predicted octanol–water partition coefficient (Wildman–Crippen LogP) is 5.54. The highest BCUT2D eigenvalue weighted by atomic mass is 35.5. The van der Waals surface area contributed by atoms with Crippen LogP contribution in [0.5, 0.6) is 11.5 Å². The van der Waals surface area contributed by atoms with E-state index >= 15 is 0 Å². The molecule has 4 aromatic carbocycles. The van der Waals surface area contributed by atoms with Gasteiger partial charge in [0.05, 0.1) is 21.2 Å². The molecule has 1 amide bonds. The molecule has 1 heterocycles. The number of carbonyl (C=O) groups is 1. The number of hydrogen-bond acceptors (Lipinski definition) is 7. The third kappa shape index (κ3) is 7.13. The normalized spacial score (nSPS) is 12.8. The maximum absolute atomic E-state index is 13.7. The quantitative estimate of drug-likeness (QED) is 0.240. The molecule has 0 saturated heterocycles. The summed E-state index contributed by atoms with van der Waals surface area (Å²) in [7, 11) is -8.37. The molecule has 1 aliphatic rings. The Bertz CT molecular complexity index is 1870. The monoisotopic (exact) mass is 665 g/mol. The number of rotatable bonds is 9. The second-order valence-electron chi connectivity index (χ2n) is 9.13. The standard InChI is InChI=1S/C28H22Cl2FN3O7S2/c29-18-13-19(30)15-22(14-18)33-42(36,37)24-7-3-21(4-8-24)32-28(35)17-34(23-5-1-20(31)2-6-23)43(38,39)25-9-10-26-27(16-25)41-12-11-40-26/h1-10,13-16,33H,11-12,17H2,(H,32,35). The second-order valence-corrected chi connectivity index (χ2v) is 13.5. The highest BCUT2D eigenvalue weighted by Crippen LogP contribution is 2.34. The van der Waals surface area contributed by atoms with Crippen LogP contribution < -0.4 is 23.8 Å². The second kappa shape index (κ2) is 12.3. The van der Waals surface area contributed by atoms with Crippen molar-refractivity contribution in [3.8, 4) is 11.5 Å². The average Bonchev–Trinajstić information content (AvgIpc) is 2.95. The van der Waals surface area contributed by atoms with E-state index in [1.807, 2.05) is 0 Å². The summed E-state index contributed by atoms with van der Waals surface area (Å²) in [5.41, 5.74) is 0.403. The lowest BCUT2D eigenvalue weighted by Crippen LogP contribution is -2.38. The summed E-state index contributed by atoms with van der Waals surface area (Å²) < 4.78 is 80.8. The van der Waals surface area contributed by atoms with Gasteiger partial charge in [-0.25, -0.2) is 21.2 Å². The Morgan fingerprint density at radius 2 is 1.37 bits per heavy atom. The van der Waals surface area contributed by atoms with E-state index in [4.69, 9.17) is 32.7 Å². The first-order chi connectivity index (χ1) is 20.4. The van der Waals surface area contributed by atoms with E-state index in [1.54, 1.807) is 0 Å². The van der Waals surface area contributed by atoms with Gasteiger partial charge in [-0.2, -0.15) is 0 Å². The van der Waals surface area contributed by atoms with Gasteiger partial charge in [-0.05, 0) is 78.9 Å². The number of halogens is 3. The number of fused-ring (bicyclic) bond motifs is 1. The molecular formula is C28H22Cl2FN3O7S2. The highest BCUT2D eigenvalue weighted by Gasteiger charge is 2.29. The number of anilines is 3. The van der Waals surface area contributed by atoms with Crippen LogP contribution in [0.1, 0.15) is 0 Å². The van der Waals surface area contributed by atoms with E-state index in [0.29, 0.717) is 12.4 Å². The molecule has 0 spiro atoms. The molecule has 0 aliphatic carbocycles.